The van der Waals surface area contributed by atoms with Crippen molar-refractivity contribution < 1.29 is 24.9 Å². The minimum absolute atomic E-state index is 0.0854. The maximum atomic E-state index is 11.2. The summed E-state index contributed by atoms with van der Waals surface area (Å²) in [5, 5.41) is 28.8. The molecule has 0 aromatic rings. The molecule has 0 aromatic carbocycles. The van der Waals surface area contributed by atoms with E-state index in [1.165, 1.54) is 0 Å². The normalized spacial score (nSPS) is 43.4. The first-order valence-electron chi connectivity index (χ1n) is 4.57. The largest absolute Gasteiger partial charge is 0.467 e. The molecule has 0 bridgehead atoms. The Morgan fingerprint density at radius 3 is 2.14 bits per heavy atom. The lowest BCUT2D eigenvalue weighted by Crippen LogP contribution is -2.53. The second kappa shape index (κ2) is 3.84. The average molecular weight is 204 g/mol. The molecule has 1 saturated carbocycles. The summed E-state index contributed by atoms with van der Waals surface area (Å²) < 4.78 is 4.41. The summed E-state index contributed by atoms with van der Waals surface area (Å²) >= 11 is 0. The summed E-state index contributed by atoms with van der Waals surface area (Å²) in [6, 6.07) is 0. The Bertz CT molecular complexity index is 215. The SMILES string of the molecule is COC(=O)C1(O)CC(O)C(C)C(O)C1. The van der Waals surface area contributed by atoms with Crippen molar-refractivity contribution in [3.8, 4) is 0 Å². The van der Waals surface area contributed by atoms with Crippen LogP contribution in [0.15, 0.2) is 0 Å². The Balaban J connectivity index is 2.78. The lowest BCUT2D eigenvalue weighted by Gasteiger charge is -2.39. The van der Waals surface area contributed by atoms with Gasteiger partial charge in [-0.2, -0.15) is 0 Å². The van der Waals surface area contributed by atoms with E-state index in [4.69, 9.17) is 0 Å². The number of methoxy groups -OCH3 is 1. The van der Waals surface area contributed by atoms with Crippen LogP contribution in [0.5, 0.6) is 0 Å². The van der Waals surface area contributed by atoms with Crippen LogP contribution in [0, 0.1) is 5.92 Å². The van der Waals surface area contributed by atoms with E-state index in [0.29, 0.717) is 0 Å². The fourth-order valence-electron chi connectivity index (χ4n) is 1.76. The molecule has 1 aliphatic rings. The molecule has 2 atom stereocenters. The number of carbonyl (C=O) groups excluding carboxylic acids is 1. The molecule has 1 rings (SSSR count). The van der Waals surface area contributed by atoms with E-state index in [9.17, 15) is 20.1 Å². The van der Waals surface area contributed by atoms with E-state index in [1.54, 1.807) is 6.92 Å². The van der Waals surface area contributed by atoms with Gasteiger partial charge in [0.2, 0.25) is 0 Å². The Hall–Kier alpha value is -0.650. The molecule has 0 radical (unpaired) electrons. The van der Waals surface area contributed by atoms with Gasteiger partial charge in [0, 0.05) is 18.8 Å². The topological polar surface area (TPSA) is 87.0 Å². The molecule has 0 spiro atoms. The van der Waals surface area contributed by atoms with Gasteiger partial charge in [0.25, 0.3) is 0 Å². The summed E-state index contributed by atoms with van der Waals surface area (Å²) in [6.07, 6.45) is -1.94. The molecule has 2 unspecified atom stereocenters. The van der Waals surface area contributed by atoms with E-state index >= 15 is 0 Å². The van der Waals surface area contributed by atoms with Gasteiger partial charge < -0.3 is 20.1 Å². The van der Waals surface area contributed by atoms with Crippen LogP contribution in [0.2, 0.25) is 0 Å². The van der Waals surface area contributed by atoms with Crippen molar-refractivity contribution in [2.45, 2.75) is 37.6 Å². The van der Waals surface area contributed by atoms with Gasteiger partial charge in [-0.25, -0.2) is 4.79 Å². The first kappa shape index (κ1) is 11.4. The fraction of sp³-hybridized carbons (Fsp3) is 0.889. The summed E-state index contributed by atoms with van der Waals surface area (Å²) in [4.78, 5) is 11.2. The van der Waals surface area contributed by atoms with Gasteiger partial charge in [-0.3, -0.25) is 0 Å². The van der Waals surface area contributed by atoms with Crippen LogP contribution < -0.4 is 0 Å². The zero-order chi connectivity index (χ0) is 10.9. The van der Waals surface area contributed by atoms with E-state index < -0.39 is 23.8 Å². The molecule has 14 heavy (non-hydrogen) atoms. The van der Waals surface area contributed by atoms with E-state index in [1.807, 2.05) is 0 Å². The van der Waals surface area contributed by atoms with Crippen molar-refractivity contribution in [3.63, 3.8) is 0 Å². The van der Waals surface area contributed by atoms with Crippen molar-refractivity contribution >= 4 is 5.97 Å². The number of hydrogen-bond donors (Lipinski definition) is 3. The first-order chi connectivity index (χ1) is 6.40. The average Bonchev–Trinajstić information content (AvgIpc) is 2.12. The van der Waals surface area contributed by atoms with Gasteiger partial charge >= 0.3 is 5.97 Å². The molecule has 5 nitrogen and oxygen atoms in total. The van der Waals surface area contributed by atoms with Gasteiger partial charge in [-0.1, -0.05) is 6.92 Å². The monoisotopic (exact) mass is 204 g/mol. The molecule has 3 N–H and O–H groups in total. The molecular weight excluding hydrogens is 188 g/mol. The number of carbonyl (C=O) groups is 1. The van der Waals surface area contributed by atoms with E-state index in [0.717, 1.165) is 7.11 Å². The molecule has 0 heterocycles. The minimum atomic E-state index is -1.75. The fourth-order valence-corrected chi connectivity index (χ4v) is 1.76. The van der Waals surface area contributed by atoms with Crippen LogP contribution in [0.1, 0.15) is 19.8 Å². The number of hydrogen-bond acceptors (Lipinski definition) is 5. The highest BCUT2D eigenvalue weighted by atomic mass is 16.5. The van der Waals surface area contributed by atoms with Crippen molar-refractivity contribution in [1.29, 1.82) is 0 Å². The van der Waals surface area contributed by atoms with Crippen LogP contribution in [-0.2, 0) is 9.53 Å². The molecule has 0 amide bonds. The number of ether oxygens (including phenoxy) is 1. The standard InChI is InChI=1S/C9H16O5/c1-5-6(10)3-9(13,4-7(5)11)8(12)14-2/h5-7,10-11,13H,3-4H2,1-2H3. The van der Waals surface area contributed by atoms with E-state index in [2.05, 4.69) is 4.74 Å². The van der Waals surface area contributed by atoms with Gasteiger partial charge in [-0.15, -0.1) is 0 Å². The zero-order valence-electron chi connectivity index (χ0n) is 8.30. The number of aliphatic hydroxyl groups excluding tert-OH is 2. The van der Waals surface area contributed by atoms with Crippen LogP contribution in [0.4, 0.5) is 0 Å². The van der Waals surface area contributed by atoms with Crippen molar-refractivity contribution in [2.75, 3.05) is 7.11 Å². The molecule has 1 aliphatic carbocycles. The Morgan fingerprint density at radius 1 is 1.36 bits per heavy atom. The lowest BCUT2D eigenvalue weighted by molar-refractivity contribution is -0.181. The number of rotatable bonds is 1. The summed E-state index contributed by atoms with van der Waals surface area (Å²) in [6.45, 7) is 1.67. The third kappa shape index (κ3) is 1.89. The second-order valence-electron chi connectivity index (χ2n) is 3.93. The summed E-state index contributed by atoms with van der Waals surface area (Å²) in [5.41, 5.74) is -1.75. The first-order valence-corrected chi connectivity index (χ1v) is 4.57. The Labute approximate surface area is 82.3 Å². The molecule has 1 fully saturated rings. The second-order valence-corrected chi connectivity index (χ2v) is 3.93. The predicted molar refractivity (Wildman–Crippen MR) is 47.4 cm³/mol. The smallest absolute Gasteiger partial charge is 0.338 e. The molecule has 82 valence electrons. The van der Waals surface area contributed by atoms with Crippen LogP contribution >= 0.6 is 0 Å². The molecule has 0 saturated heterocycles. The number of esters is 1. The Kier molecular flexibility index (Phi) is 3.14. The van der Waals surface area contributed by atoms with Crippen LogP contribution in [0.3, 0.4) is 0 Å². The number of aliphatic hydroxyl groups is 3. The maximum Gasteiger partial charge on any atom is 0.338 e. The maximum absolute atomic E-state index is 11.2. The van der Waals surface area contributed by atoms with Crippen LogP contribution in [0.25, 0.3) is 0 Å². The van der Waals surface area contributed by atoms with Gasteiger partial charge in [0.1, 0.15) is 0 Å². The Morgan fingerprint density at radius 2 is 1.79 bits per heavy atom. The van der Waals surface area contributed by atoms with Crippen molar-refractivity contribution in [3.05, 3.63) is 0 Å². The van der Waals surface area contributed by atoms with E-state index in [-0.39, 0.29) is 18.8 Å². The van der Waals surface area contributed by atoms with Crippen molar-refractivity contribution in [1.82, 2.24) is 0 Å². The quantitative estimate of drug-likeness (QED) is 0.479. The van der Waals surface area contributed by atoms with Gasteiger partial charge in [0.05, 0.1) is 19.3 Å². The van der Waals surface area contributed by atoms with Crippen LogP contribution in [-0.4, -0.2) is 46.2 Å². The zero-order valence-corrected chi connectivity index (χ0v) is 8.30. The third-order valence-electron chi connectivity index (χ3n) is 2.87. The molecule has 0 aromatic heterocycles. The highest BCUT2D eigenvalue weighted by molar-refractivity contribution is 5.79. The minimum Gasteiger partial charge on any atom is -0.467 e. The lowest BCUT2D eigenvalue weighted by atomic mass is 9.76. The molecular formula is C9H16O5. The predicted octanol–water partition coefficient (Wildman–Crippen LogP) is -0.958. The van der Waals surface area contributed by atoms with Gasteiger partial charge in [0.15, 0.2) is 5.60 Å². The summed E-state index contributed by atoms with van der Waals surface area (Å²) in [5.74, 6) is -1.14. The highest BCUT2D eigenvalue weighted by Crippen LogP contribution is 2.33. The highest BCUT2D eigenvalue weighted by Gasteiger charge is 2.47. The third-order valence-corrected chi connectivity index (χ3v) is 2.87. The molecule has 5 heteroatoms. The van der Waals surface area contributed by atoms with Gasteiger partial charge in [-0.05, 0) is 0 Å². The van der Waals surface area contributed by atoms with Crippen molar-refractivity contribution in [2.24, 2.45) is 5.92 Å². The summed E-state index contributed by atoms with van der Waals surface area (Å²) in [7, 11) is 1.16. The molecule has 0 aliphatic heterocycles.